The van der Waals surface area contributed by atoms with E-state index in [-0.39, 0.29) is 22.3 Å². The van der Waals surface area contributed by atoms with E-state index in [0.29, 0.717) is 5.75 Å². The standard InChI is InChI=1S/C7H7ClO4S.ClH/c1-12-7-3-2-5(4-6(7)8)13(9,10)11;/h2-4H,1H3,(H,9,10,11);1H. The van der Waals surface area contributed by atoms with E-state index in [1.807, 2.05) is 0 Å². The first kappa shape index (κ1) is 13.5. The molecule has 0 radical (unpaired) electrons. The highest BCUT2D eigenvalue weighted by Crippen LogP contribution is 2.26. The number of benzene rings is 1. The van der Waals surface area contributed by atoms with Gasteiger partial charge in [0.15, 0.2) is 0 Å². The van der Waals surface area contributed by atoms with Gasteiger partial charge < -0.3 is 4.74 Å². The Hall–Kier alpha value is -0.490. The monoisotopic (exact) mass is 258 g/mol. The summed E-state index contributed by atoms with van der Waals surface area (Å²) in [4.78, 5) is -0.252. The van der Waals surface area contributed by atoms with E-state index in [1.54, 1.807) is 0 Å². The van der Waals surface area contributed by atoms with Crippen molar-refractivity contribution in [3.63, 3.8) is 0 Å². The molecule has 0 spiro atoms. The fraction of sp³-hybridized carbons (Fsp3) is 0.143. The Morgan fingerprint density at radius 1 is 1.43 bits per heavy atom. The first-order valence-corrected chi connectivity index (χ1v) is 5.08. The van der Waals surface area contributed by atoms with Crippen LogP contribution in [0, 0.1) is 0 Å². The van der Waals surface area contributed by atoms with Gasteiger partial charge in [-0.3, -0.25) is 4.55 Å². The minimum absolute atomic E-state index is 0. The maximum absolute atomic E-state index is 10.6. The second kappa shape index (κ2) is 4.84. The molecular formula is C7H8Cl2O4S. The van der Waals surface area contributed by atoms with Crippen molar-refractivity contribution in [1.82, 2.24) is 0 Å². The molecule has 0 aliphatic carbocycles. The van der Waals surface area contributed by atoms with Crippen LogP contribution in [-0.2, 0) is 10.1 Å². The topological polar surface area (TPSA) is 63.6 Å². The first-order valence-electron chi connectivity index (χ1n) is 3.26. The van der Waals surface area contributed by atoms with Crippen molar-refractivity contribution in [2.75, 3.05) is 7.11 Å². The third-order valence-electron chi connectivity index (χ3n) is 1.42. The van der Waals surface area contributed by atoms with E-state index in [9.17, 15) is 8.42 Å². The summed E-state index contributed by atoms with van der Waals surface area (Å²) < 4.78 is 34.7. The molecule has 0 heterocycles. The lowest BCUT2D eigenvalue weighted by Crippen LogP contribution is -1.98. The van der Waals surface area contributed by atoms with Gasteiger partial charge in [-0.25, -0.2) is 0 Å². The van der Waals surface area contributed by atoms with Gasteiger partial charge in [-0.05, 0) is 18.2 Å². The number of rotatable bonds is 2. The van der Waals surface area contributed by atoms with Crippen LogP contribution >= 0.6 is 24.0 Å². The Morgan fingerprint density at radius 3 is 2.36 bits per heavy atom. The number of hydrogen-bond donors (Lipinski definition) is 1. The van der Waals surface area contributed by atoms with Gasteiger partial charge in [0.05, 0.1) is 17.0 Å². The number of hydrogen-bond acceptors (Lipinski definition) is 3. The fourth-order valence-corrected chi connectivity index (χ4v) is 1.64. The average molecular weight is 259 g/mol. The van der Waals surface area contributed by atoms with Crippen LogP contribution in [0.5, 0.6) is 5.75 Å². The van der Waals surface area contributed by atoms with Crippen LogP contribution in [-0.4, -0.2) is 20.1 Å². The third-order valence-corrected chi connectivity index (χ3v) is 2.57. The second-order valence-corrected chi connectivity index (χ2v) is 4.10. The molecule has 4 nitrogen and oxygen atoms in total. The maximum atomic E-state index is 10.6. The highest BCUT2D eigenvalue weighted by Gasteiger charge is 2.11. The van der Waals surface area contributed by atoms with Gasteiger partial charge in [-0.1, -0.05) is 11.6 Å². The van der Waals surface area contributed by atoms with Crippen LogP contribution in [0.15, 0.2) is 23.1 Å². The predicted molar refractivity (Wildman–Crippen MR) is 55.1 cm³/mol. The number of methoxy groups -OCH3 is 1. The lowest BCUT2D eigenvalue weighted by Gasteiger charge is -2.03. The average Bonchev–Trinajstić information content (AvgIpc) is 2.02. The molecule has 14 heavy (non-hydrogen) atoms. The highest BCUT2D eigenvalue weighted by atomic mass is 35.5. The number of halogens is 2. The number of ether oxygens (including phenoxy) is 1. The quantitative estimate of drug-likeness (QED) is 0.825. The summed E-state index contributed by atoms with van der Waals surface area (Å²) in [6.07, 6.45) is 0. The second-order valence-electron chi connectivity index (χ2n) is 2.27. The minimum atomic E-state index is -4.19. The molecule has 0 unspecified atom stereocenters. The SMILES string of the molecule is COc1ccc(S(=O)(=O)O)cc1Cl.Cl. The van der Waals surface area contributed by atoms with Gasteiger partial charge in [0.2, 0.25) is 0 Å². The van der Waals surface area contributed by atoms with Gasteiger partial charge in [-0.15, -0.1) is 12.4 Å². The predicted octanol–water partition coefficient (Wildman–Crippen LogP) is 2.02. The van der Waals surface area contributed by atoms with Gasteiger partial charge in [0.1, 0.15) is 5.75 Å². The molecule has 1 aromatic carbocycles. The maximum Gasteiger partial charge on any atom is 0.294 e. The van der Waals surface area contributed by atoms with Crippen molar-refractivity contribution < 1.29 is 17.7 Å². The van der Waals surface area contributed by atoms with Gasteiger partial charge in [0.25, 0.3) is 10.1 Å². The molecule has 1 N–H and O–H groups in total. The molecular weight excluding hydrogens is 251 g/mol. The molecule has 80 valence electrons. The Morgan fingerprint density at radius 2 is 2.00 bits per heavy atom. The van der Waals surface area contributed by atoms with Crippen LogP contribution in [0.4, 0.5) is 0 Å². The summed E-state index contributed by atoms with van der Waals surface area (Å²) in [6, 6.07) is 3.70. The summed E-state index contributed by atoms with van der Waals surface area (Å²) in [5, 5.41) is 0.137. The molecule has 0 amide bonds. The zero-order valence-corrected chi connectivity index (χ0v) is 9.49. The smallest absolute Gasteiger partial charge is 0.294 e. The van der Waals surface area contributed by atoms with Crippen molar-refractivity contribution in [3.05, 3.63) is 23.2 Å². The van der Waals surface area contributed by atoms with E-state index in [0.717, 1.165) is 6.07 Å². The zero-order valence-electron chi connectivity index (χ0n) is 7.10. The molecule has 0 fully saturated rings. The molecule has 0 aromatic heterocycles. The minimum Gasteiger partial charge on any atom is -0.495 e. The summed E-state index contributed by atoms with van der Waals surface area (Å²) in [7, 11) is -2.78. The molecule has 0 saturated heterocycles. The van der Waals surface area contributed by atoms with Crippen LogP contribution in [0.25, 0.3) is 0 Å². The van der Waals surface area contributed by atoms with Crippen molar-refractivity contribution in [3.8, 4) is 5.75 Å². The lowest BCUT2D eigenvalue weighted by molar-refractivity contribution is 0.414. The zero-order chi connectivity index (χ0) is 10.1. The van der Waals surface area contributed by atoms with Gasteiger partial charge >= 0.3 is 0 Å². The summed E-state index contributed by atoms with van der Waals surface area (Å²) in [5.74, 6) is 0.356. The fourth-order valence-electron chi connectivity index (χ4n) is 0.808. The largest absolute Gasteiger partial charge is 0.495 e. The van der Waals surface area contributed by atoms with Crippen molar-refractivity contribution >= 4 is 34.1 Å². The third kappa shape index (κ3) is 3.02. The molecule has 1 aromatic rings. The van der Waals surface area contributed by atoms with Crippen molar-refractivity contribution in [1.29, 1.82) is 0 Å². The Balaban J connectivity index is 0.00000169. The molecule has 0 aliphatic heterocycles. The van der Waals surface area contributed by atoms with Crippen molar-refractivity contribution in [2.45, 2.75) is 4.90 Å². The summed E-state index contributed by atoms with van der Waals surface area (Å²) in [5.41, 5.74) is 0. The van der Waals surface area contributed by atoms with E-state index in [2.05, 4.69) is 0 Å². The summed E-state index contributed by atoms with van der Waals surface area (Å²) >= 11 is 5.64. The van der Waals surface area contributed by atoms with Gasteiger partial charge in [0, 0.05) is 0 Å². The van der Waals surface area contributed by atoms with E-state index in [4.69, 9.17) is 20.9 Å². The van der Waals surface area contributed by atoms with E-state index in [1.165, 1.54) is 19.2 Å². The lowest BCUT2D eigenvalue weighted by atomic mass is 10.3. The Kier molecular flexibility index (Phi) is 4.67. The first-order chi connectivity index (χ1) is 5.95. The van der Waals surface area contributed by atoms with Crippen LogP contribution in [0.2, 0.25) is 5.02 Å². The van der Waals surface area contributed by atoms with E-state index >= 15 is 0 Å². The van der Waals surface area contributed by atoms with Crippen LogP contribution in [0.3, 0.4) is 0 Å². The molecule has 0 atom stereocenters. The molecule has 0 aliphatic rings. The van der Waals surface area contributed by atoms with Crippen molar-refractivity contribution in [2.24, 2.45) is 0 Å². The normalized spacial score (nSPS) is 10.5. The summed E-state index contributed by atoms with van der Waals surface area (Å²) in [6.45, 7) is 0. The van der Waals surface area contributed by atoms with E-state index < -0.39 is 10.1 Å². The highest BCUT2D eigenvalue weighted by molar-refractivity contribution is 7.85. The molecule has 1 rings (SSSR count). The van der Waals surface area contributed by atoms with Gasteiger partial charge in [-0.2, -0.15) is 8.42 Å². The van der Waals surface area contributed by atoms with Crippen LogP contribution < -0.4 is 4.74 Å². The molecule has 0 bridgehead atoms. The Labute approximate surface area is 93.0 Å². The van der Waals surface area contributed by atoms with Crippen LogP contribution in [0.1, 0.15) is 0 Å². The molecule has 0 saturated carbocycles. The Bertz CT molecular complexity index is 416. The molecule has 7 heteroatoms.